The maximum Gasteiger partial charge on any atom is 0.118 e. The van der Waals surface area contributed by atoms with Gasteiger partial charge in [0.25, 0.3) is 0 Å². The van der Waals surface area contributed by atoms with E-state index in [4.69, 9.17) is 4.74 Å². The second-order valence-electron chi connectivity index (χ2n) is 4.51. The minimum atomic E-state index is 0.729. The predicted molar refractivity (Wildman–Crippen MR) is 74.8 cm³/mol. The number of methoxy groups -OCH3 is 1. The fourth-order valence-corrected chi connectivity index (χ4v) is 3.22. The number of ether oxygens (including phenoxy) is 1. The van der Waals surface area contributed by atoms with Gasteiger partial charge in [-0.2, -0.15) is 11.8 Å². The lowest BCUT2D eigenvalue weighted by Crippen LogP contribution is -2.35. The average molecular weight is 251 g/mol. The molecule has 1 aliphatic rings. The lowest BCUT2D eigenvalue weighted by atomic mass is 10.1. The van der Waals surface area contributed by atoms with Gasteiger partial charge in [-0.05, 0) is 37.1 Å². The lowest BCUT2D eigenvalue weighted by Gasteiger charge is -2.22. The van der Waals surface area contributed by atoms with Crippen LogP contribution in [0.5, 0.6) is 5.75 Å². The van der Waals surface area contributed by atoms with E-state index in [0.29, 0.717) is 0 Å². The van der Waals surface area contributed by atoms with Gasteiger partial charge in [-0.15, -0.1) is 0 Å². The van der Waals surface area contributed by atoms with Gasteiger partial charge in [0.05, 0.1) is 7.11 Å². The quantitative estimate of drug-likeness (QED) is 0.869. The molecule has 17 heavy (non-hydrogen) atoms. The summed E-state index contributed by atoms with van der Waals surface area (Å²) in [4.78, 5) is 0. The zero-order valence-electron chi connectivity index (χ0n) is 10.4. The van der Waals surface area contributed by atoms with Crippen LogP contribution in [0.3, 0.4) is 0 Å². The Morgan fingerprint density at radius 1 is 1.29 bits per heavy atom. The maximum atomic E-state index is 5.15. The third-order valence-electron chi connectivity index (χ3n) is 3.16. The van der Waals surface area contributed by atoms with Gasteiger partial charge in [0, 0.05) is 17.5 Å². The van der Waals surface area contributed by atoms with Crippen LogP contribution in [0.2, 0.25) is 0 Å². The van der Waals surface area contributed by atoms with E-state index in [2.05, 4.69) is 17.4 Å². The summed E-state index contributed by atoms with van der Waals surface area (Å²) in [6.45, 7) is 1.20. The van der Waals surface area contributed by atoms with Gasteiger partial charge >= 0.3 is 0 Å². The second-order valence-corrected chi connectivity index (χ2v) is 5.54. The highest BCUT2D eigenvalue weighted by Gasteiger charge is 2.11. The average Bonchev–Trinajstić information content (AvgIpc) is 2.41. The van der Waals surface area contributed by atoms with Gasteiger partial charge in [-0.1, -0.05) is 18.6 Å². The summed E-state index contributed by atoms with van der Waals surface area (Å²) in [6.07, 6.45) is 4.08. The van der Waals surface area contributed by atoms with Crippen molar-refractivity contribution in [3.05, 3.63) is 29.8 Å². The molecule has 0 saturated carbocycles. The highest BCUT2D eigenvalue weighted by atomic mass is 32.2. The zero-order valence-corrected chi connectivity index (χ0v) is 11.3. The molecule has 0 spiro atoms. The monoisotopic (exact) mass is 251 g/mol. The fourth-order valence-electron chi connectivity index (χ4n) is 2.11. The second kappa shape index (κ2) is 6.92. The molecule has 0 amide bonds. The molecule has 1 saturated heterocycles. The van der Waals surface area contributed by atoms with Crippen molar-refractivity contribution in [1.82, 2.24) is 5.32 Å². The predicted octanol–water partition coefficient (Wildman–Crippen LogP) is 3.07. The third kappa shape index (κ3) is 4.25. The lowest BCUT2D eigenvalue weighted by molar-refractivity contribution is 0.414. The first kappa shape index (κ1) is 12.8. The summed E-state index contributed by atoms with van der Waals surface area (Å²) < 4.78 is 5.15. The molecule has 1 atom stereocenters. The molecule has 1 unspecified atom stereocenters. The van der Waals surface area contributed by atoms with Gasteiger partial charge in [-0.25, -0.2) is 0 Å². The molecule has 2 rings (SSSR count). The number of thioether (sulfide) groups is 1. The first-order valence-corrected chi connectivity index (χ1v) is 7.48. The molecule has 0 aromatic heterocycles. The minimum absolute atomic E-state index is 0.729. The third-order valence-corrected chi connectivity index (χ3v) is 4.33. The van der Waals surface area contributed by atoms with Crippen LogP contribution in [0.4, 0.5) is 0 Å². The number of hydrogen-bond acceptors (Lipinski definition) is 3. The van der Waals surface area contributed by atoms with E-state index in [1.165, 1.54) is 37.1 Å². The summed E-state index contributed by atoms with van der Waals surface area (Å²) in [6, 6.07) is 9.11. The van der Waals surface area contributed by atoms with Crippen LogP contribution < -0.4 is 10.1 Å². The highest BCUT2D eigenvalue weighted by Crippen LogP contribution is 2.19. The smallest absolute Gasteiger partial charge is 0.118 e. The molecular formula is C14H21NOS. The van der Waals surface area contributed by atoms with Crippen molar-refractivity contribution in [2.24, 2.45) is 0 Å². The number of benzene rings is 1. The number of rotatable bonds is 5. The molecule has 3 heteroatoms. The Kier molecular flexibility index (Phi) is 5.20. The van der Waals surface area contributed by atoms with E-state index in [1.807, 2.05) is 23.9 Å². The van der Waals surface area contributed by atoms with E-state index < -0.39 is 0 Å². The molecule has 1 fully saturated rings. The van der Waals surface area contributed by atoms with Gasteiger partial charge < -0.3 is 10.1 Å². The Balaban J connectivity index is 1.69. The largest absolute Gasteiger partial charge is 0.497 e. The first-order valence-electron chi connectivity index (χ1n) is 6.32. The van der Waals surface area contributed by atoms with Crippen molar-refractivity contribution in [2.75, 3.05) is 19.4 Å². The molecule has 0 aliphatic carbocycles. The Labute approximate surface area is 108 Å². The van der Waals surface area contributed by atoms with E-state index in [1.54, 1.807) is 7.11 Å². The Bertz CT molecular complexity index is 319. The van der Waals surface area contributed by atoms with Crippen LogP contribution in [-0.2, 0) is 5.75 Å². The van der Waals surface area contributed by atoms with Crippen LogP contribution in [0.15, 0.2) is 24.3 Å². The van der Waals surface area contributed by atoms with Crippen LogP contribution in [0.1, 0.15) is 24.8 Å². The van der Waals surface area contributed by atoms with Gasteiger partial charge in [-0.3, -0.25) is 0 Å². The molecule has 1 aliphatic heterocycles. The molecule has 1 aromatic carbocycles. The Hall–Kier alpha value is -0.670. The number of nitrogens with one attached hydrogen (secondary N) is 1. The van der Waals surface area contributed by atoms with Gasteiger partial charge in [0.2, 0.25) is 0 Å². The normalized spacial score (nSPS) is 20.2. The zero-order chi connectivity index (χ0) is 11.9. The summed E-state index contributed by atoms with van der Waals surface area (Å²) in [7, 11) is 1.71. The van der Waals surface area contributed by atoms with E-state index in [9.17, 15) is 0 Å². The van der Waals surface area contributed by atoms with Crippen LogP contribution >= 0.6 is 11.8 Å². The van der Waals surface area contributed by atoms with E-state index in [0.717, 1.165) is 17.5 Å². The molecule has 1 N–H and O–H groups in total. The summed E-state index contributed by atoms with van der Waals surface area (Å²) in [5, 5.41) is 3.58. The standard InChI is InChI=1S/C14H21NOS/c1-16-14-7-5-12(6-8-14)10-17-11-13-4-2-3-9-15-13/h5-8,13,15H,2-4,9-11H2,1H3. The van der Waals surface area contributed by atoms with Crippen molar-refractivity contribution in [3.63, 3.8) is 0 Å². The number of piperidine rings is 1. The van der Waals surface area contributed by atoms with Gasteiger partial charge in [0.15, 0.2) is 0 Å². The van der Waals surface area contributed by atoms with E-state index in [-0.39, 0.29) is 0 Å². The molecule has 0 radical (unpaired) electrons. The minimum Gasteiger partial charge on any atom is -0.497 e. The van der Waals surface area contributed by atoms with Crippen molar-refractivity contribution in [3.8, 4) is 5.75 Å². The summed E-state index contributed by atoms with van der Waals surface area (Å²) in [5.74, 6) is 3.27. The molecular weight excluding hydrogens is 230 g/mol. The Morgan fingerprint density at radius 2 is 2.12 bits per heavy atom. The fraction of sp³-hybridized carbons (Fsp3) is 0.571. The van der Waals surface area contributed by atoms with Crippen LogP contribution in [-0.4, -0.2) is 25.4 Å². The molecule has 2 nitrogen and oxygen atoms in total. The topological polar surface area (TPSA) is 21.3 Å². The maximum absolute atomic E-state index is 5.15. The van der Waals surface area contributed by atoms with Gasteiger partial charge in [0.1, 0.15) is 5.75 Å². The molecule has 0 bridgehead atoms. The molecule has 1 aromatic rings. The first-order chi connectivity index (χ1) is 8.38. The van der Waals surface area contributed by atoms with Crippen LogP contribution in [0.25, 0.3) is 0 Å². The Morgan fingerprint density at radius 3 is 2.76 bits per heavy atom. The van der Waals surface area contributed by atoms with Crippen molar-refractivity contribution in [2.45, 2.75) is 31.1 Å². The van der Waals surface area contributed by atoms with Crippen molar-refractivity contribution >= 4 is 11.8 Å². The van der Waals surface area contributed by atoms with E-state index >= 15 is 0 Å². The van der Waals surface area contributed by atoms with Crippen LogP contribution in [0, 0.1) is 0 Å². The SMILES string of the molecule is COc1ccc(CSCC2CCCCN2)cc1. The summed E-state index contributed by atoms with van der Waals surface area (Å²) in [5.41, 5.74) is 1.38. The summed E-state index contributed by atoms with van der Waals surface area (Å²) >= 11 is 2.02. The molecule has 94 valence electrons. The highest BCUT2D eigenvalue weighted by molar-refractivity contribution is 7.98. The molecule has 1 heterocycles. The van der Waals surface area contributed by atoms with Crippen molar-refractivity contribution < 1.29 is 4.74 Å². The number of hydrogen-bond donors (Lipinski definition) is 1. The van der Waals surface area contributed by atoms with Crippen molar-refractivity contribution in [1.29, 1.82) is 0 Å².